The van der Waals surface area contributed by atoms with Crippen molar-refractivity contribution in [2.75, 3.05) is 12.0 Å². The number of rotatable bonds is 6. The van der Waals surface area contributed by atoms with E-state index in [4.69, 9.17) is 0 Å². The highest BCUT2D eigenvalue weighted by molar-refractivity contribution is 7.98. The molecule has 2 aromatic carbocycles. The van der Waals surface area contributed by atoms with Crippen molar-refractivity contribution in [1.82, 2.24) is 5.32 Å². The van der Waals surface area contributed by atoms with Crippen molar-refractivity contribution in [3.8, 4) is 0 Å². The van der Waals surface area contributed by atoms with Crippen molar-refractivity contribution in [3.63, 3.8) is 0 Å². The molecule has 2 nitrogen and oxygen atoms in total. The molecule has 0 saturated heterocycles. The Morgan fingerprint density at radius 3 is 2.29 bits per heavy atom. The molecule has 21 heavy (non-hydrogen) atoms. The average molecular weight is 299 g/mol. The van der Waals surface area contributed by atoms with Crippen LogP contribution in [0.4, 0.5) is 0 Å². The molecular weight excluding hydrogens is 278 g/mol. The van der Waals surface area contributed by atoms with Crippen LogP contribution in [-0.4, -0.2) is 17.9 Å². The van der Waals surface area contributed by atoms with Gasteiger partial charge in [0, 0.05) is 12.2 Å². The van der Waals surface area contributed by atoms with Gasteiger partial charge in [-0.05, 0) is 24.3 Å². The van der Waals surface area contributed by atoms with E-state index >= 15 is 0 Å². The van der Waals surface area contributed by atoms with Gasteiger partial charge >= 0.3 is 0 Å². The third-order valence-corrected chi connectivity index (χ3v) is 3.99. The second-order valence-corrected chi connectivity index (χ2v) is 6.05. The van der Waals surface area contributed by atoms with Gasteiger partial charge in [-0.3, -0.25) is 4.79 Å². The van der Waals surface area contributed by atoms with E-state index in [0.29, 0.717) is 6.42 Å². The summed E-state index contributed by atoms with van der Waals surface area (Å²) in [6, 6.07) is 18.4. The maximum absolute atomic E-state index is 12.1. The molecule has 0 radical (unpaired) electrons. The van der Waals surface area contributed by atoms with Crippen molar-refractivity contribution >= 4 is 17.7 Å². The molecule has 0 fully saturated rings. The van der Waals surface area contributed by atoms with Gasteiger partial charge in [0.05, 0.1) is 6.04 Å². The molecule has 1 N–H and O–H groups in total. The molecule has 0 saturated carbocycles. The number of nitrogens with one attached hydrogen (secondary N) is 1. The highest BCUT2D eigenvalue weighted by atomic mass is 32.2. The van der Waals surface area contributed by atoms with Crippen LogP contribution < -0.4 is 5.32 Å². The van der Waals surface area contributed by atoms with Crippen molar-refractivity contribution in [3.05, 3.63) is 71.3 Å². The average Bonchev–Trinajstić information content (AvgIpc) is 2.52. The first-order chi connectivity index (χ1) is 10.2. The fourth-order valence-corrected chi connectivity index (χ4v) is 2.58. The predicted octanol–water partition coefficient (Wildman–Crippen LogP) is 3.95. The van der Waals surface area contributed by atoms with E-state index in [1.807, 2.05) is 24.5 Å². The second kappa shape index (κ2) is 7.89. The van der Waals surface area contributed by atoms with Gasteiger partial charge in [0.15, 0.2) is 0 Å². The van der Waals surface area contributed by atoms with Gasteiger partial charge < -0.3 is 5.32 Å². The van der Waals surface area contributed by atoms with Crippen LogP contribution in [0.25, 0.3) is 0 Å². The summed E-state index contributed by atoms with van der Waals surface area (Å²) in [6.07, 6.45) is 2.57. The van der Waals surface area contributed by atoms with E-state index in [2.05, 4.69) is 48.6 Å². The number of thioether (sulfide) groups is 1. The minimum absolute atomic E-state index is 0.0823. The Morgan fingerprint density at radius 2 is 1.67 bits per heavy atom. The molecule has 3 heteroatoms. The molecule has 0 aliphatic heterocycles. The van der Waals surface area contributed by atoms with E-state index in [1.54, 1.807) is 11.8 Å². The van der Waals surface area contributed by atoms with Gasteiger partial charge in [-0.1, -0.05) is 60.2 Å². The molecule has 0 bridgehead atoms. The topological polar surface area (TPSA) is 29.1 Å². The van der Waals surface area contributed by atoms with Gasteiger partial charge in [0.2, 0.25) is 5.91 Å². The molecule has 1 amide bonds. The molecule has 2 aromatic rings. The summed E-state index contributed by atoms with van der Waals surface area (Å²) >= 11 is 1.69. The normalized spacial score (nSPS) is 11.9. The lowest BCUT2D eigenvalue weighted by Gasteiger charge is -2.20. The van der Waals surface area contributed by atoms with Gasteiger partial charge in [-0.25, -0.2) is 0 Å². The summed E-state index contributed by atoms with van der Waals surface area (Å²) < 4.78 is 0. The predicted molar refractivity (Wildman–Crippen MR) is 90.6 cm³/mol. The lowest BCUT2D eigenvalue weighted by molar-refractivity contribution is -0.121. The summed E-state index contributed by atoms with van der Waals surface area (Å²) in [5, 5.41) is 3.15. The first kappa shape index (κ1) is 15.6. The number of amides is 1. The standard InChI is InChI=1S/C18H21NOS/c1-14-8-10-16(11-9-14)18(15-6-4-3-5-7-15)19-17(20)12-13-21-2/h3-11,18H,12-13H2,1-2H3,(H,19,20). The Labute approximate surface area is 131 Å². The third kappa shape index (κ3) is 4.64. The fraction of sp³-hybridized carbons (Fsp3) is 0.278. The second-order valence-electron chi connectivity index (χ2n) is 5.06. The quantitative estimate of drug-likeness (QED) is 0.875. The number of benzene rings is 2. The summed E-state index contributed by atoms with van der Waals surface area (Å²) in [7, 11) is 0. The van der Waals surface area contributed by atoms with Gasteiger partial charge in [-0.15, -0.1) is 0 Å². The van der Waals surface area contributed by atoms with Crippen LogP contribution in [0.3, 0.4) is 0 Å². The summed E-state index contributed by atoms with van der Waals surface area (Å²) in [5.74, 6) is 0.945. The number of hydrogen-bond donors (Lipinski definition) is 1. The monoisotopic (exact) mass is 299 g/mol. The summed E-state index contributed by atoms with van der Waals surface area (Å²) in [4.78, 5) is 12.1. The van der Waals surface area contributed by atoms with E-state index < -0.39 is 0 Å². The van der Waals surface area contributed by atoms with Crippen LogP contribution in [0.2, 0.25) is 0 Å². The lowest BCUT2D eigenvalue weighted by atomic mass is 9.97. The first-order valence-electron chi connectivity index (χ1n) is 7.10. The van der Waals surface area contributed by atoms with Crippen LogP contribution in [0.1, 0.15) is 29.2 Å². The van der Waals surface area contributed by atoms with E-state index in [1.165, 1.54) is 5.56 Å². The van der Waals surface area contributed by atoms with Crippen LogP contribution in [0, 0.1) is 6.92 Å². The maximum Gasteiger partial charge on any atom is 0.221 e. The van der Waals surface area contributed by atoms with E-state index in [-0.39, 0.29) is 11.9 Å². The molecule has 0 aliphatic rings. The third-order valence-electron chi connectivity index (χ3n) is 3.38. The molecule has 0 aliphatic carbocycles. The minimum atomic E-state index is -0.0823. The molecule has 110 valence electrons. The first-order valence-corrected chi connectivity index (χ1v) is 8.50. The Hall–Kier alpha value is -1.74. The molecular formula is C18H21NOS. The molecule has 1 unspecified atom stereocenters. The summed E-state index contributed by atoms with van der Waals surface area (Å²) in [5.41, 5.74) is 3.45. The molecule has 0 heterocycles. The van der Waals surface area contributed by atoms with Crippen molar-refractivity contribution in [2.45, 2.75) is 19.4 Å². The van der Waals surface area contributed by atoms with Crippen molar-refractivity contribution in [2.24, 2.45) is 0 Å². The zero-order valence-corrected chi connectivity index (χ0v) is 13.3. The Kier molecular flexibility index (Phi) is 5.88. The van der Waals surface area contributed by atoms with Gasteiger partial charge in [-0.2, -0.15) is 11.8 Å². The van der Waals surface area contributed by atoms with Crippen LogP contribution in [0.5, 0.6) is 0 Å². The van der Waals surface area contributed by atoms with Crippen LogP contribution in [0.15, 0.2) is 54.6 Å². The highest BCUT2D eigenvalue weighted by Gasteiger charge is 2.16. The Morgan fingerprint density at radius 1 is 1.05 bits per heavy atom. The SMILES string of the molecule is CSCCC(=O)NC(c1ccccc1)c1ccc(C)cc1. The number of carbonyl (C=O) groups excluding carboxylic acids is 1. The van der Waals surface area contributed by atoms with Gasteiger partial charge in [0.1, 0.15) is 0 Å². The minimum Gasteiger partial charge on any atom is -0.345 e. The molecule has 0 aromatic heterocycles. The number of aryl methyl sites for hydroxylation is 1. The molecule has 0 spiro atoms. The number of hydrogen-bond acceptors (Lipinski definition) is 2. The van der Waals surface area contributed by atoms with Crippen molar-refractivity contribution in [1.29, 1.82) is 0 Å². The number of carbonyl (C=O) groups is 1. The smallest absolute Gasteiger partial charge is 0.221 e. The largest absolute Gasteiger partial charge is 0.345 e. The van der Waals surface area contributed by atoms with Crippen molar-refractivity contribution < 1.29 is 4.79 Å². The van der Waals surface area contributed by atoms with E-state index in [0.717, 1.165) is 16.9 Å². The maximum atomic E-state index is 12.1. The van der Waals surface area contributed by atoms with Crippen LogP contribution in [-0.2, 0) is 4.79 Å². The Balaban J connectivity index is 2.22. The van der Waals surface area contributed by atoms with E-state index in [9.17, 15) is 4.79 Å². The Bertz CT molecular complexity index is 566. The zero-order valence-electron chi connectivity index (χ0n) is 12.5. The van der Waals surface area contributed by atoms with Crippen LogP contribution >= 0.6 is 11.8 Å². The fourth-order valence-electron chi connectivity index (χ4n) is 2.19. The van der Waals surface area contributed by atoms with Gasteiger partial charge in [0.25, 0.3) is 0 Å². The lowest BCUT2D eigenvalue weighted by Crippen LogP contribution is -2.29. The summed E-state index contributed by atoms with van der Waals surface area (Å²) in [6.45, 7) is 2.07. The molecule has 1 atom stereocenters. The highest BCUT2D eigenvalue weighted by Crippen LogP contribution is 2.22. The molecule has 2 rings (SSSR count). The zero-order chi connectivity index (χ0) is 15.1.